The molecule has 0 aliphatic heterocycles. The topological polar surface area (TPSA) is 68.0 Å². The van der Waals surface area contributed by atoms with Gasteiger partial charge in [-0.15, -0.1) is 21.5 Å². The summed E-state index contributed by atoms with van der Waals surface area (Å²) in [5.74, 6) is -2.27. The molecule has 1 aromatic carbocycles. The number of hydrogen-bond donors (Lipinski definition) is 1. The van der Waals surface area contributed by atoms with E-state index in [4.69, 9.17) is 5.11 Å². The van der Waals surface area contributed by atoms with Gasteiger partial charge in [0.15, 0.2) is 5.16 Å². The number of rotatable bonds is 5. The molecule has 134 valence electrons. The number of carboxylic acid groups (broad SMARTS) is 1. The number of halogens is 2. The molecule has 1 aliphatic rings. The van der Waals surface area contributed by atoms with E-state index in [-0.39, 0.29) is 5.75 Å². The second kappa shape index (κ2) is 6.81. The molecular weight excluding hydrogens is 380 g/mol. The highest BCUT2D eigenvalue weighted by Crippen LogP contribution is 2.44. The van der Waals surface area contributed by atoms with Gasteiger partial charge in [0.25, 0.3) is 0 Å². The average molecular weight is 393 g/mol. The number of carboxylic acids is 1. The second-order valence-corrected chi connectivity index (χ2v) is 7.81. The minimum absolute atomic E-state index is 0.117. The summed E-state index contributed by atoms with van der Waals surface area (Å²) in [4.78, 5) is 11.7. The number of thiophene rings is 1. The van der Waals surface area contributed by atoms with Crippen molar-refractivity contribution in [3.8, 4) is 15.4 Å². The van der Waals surface area contributed by atoms with Crippen molar-refractivity contribution in [1.82, 2.24) is 14.8 Å². The molecule has 0 fully saturated rings. The highest BCUT2D eigenvalue weighted by atomic mass is 32.2. The Hall–Kier alpha value is -2.26. The molecule has 0 bridgehead atoms. The maximum absolute atomic E-state index is 13.7. The molecule has 4 rings (SSSR count). The quantitative estimate of drug-likeness (QED) is 0.665. The van der Waals surface area contributed by atoms with Crippen LogP contribution in [-0.4, -0.2) is 31.6 Å². The standard InChI is InChI=1S/C17H13F2N3O2S2/c18-10-4-9(5-11(19)6-10)15-12-2-1-3-13(12)16(26-15)22-8-20-21-17(22)25-7-14(23)24/h4-6,8H,1-3,7H2,(H,23,24). The fourth-order valence-corrected chi connectivity index (χ4v) is 5.20. The first-order chi connectivity index (χ1) is 12.5. The van der Waals surface area contributed by atoms with Crippen LogP contribution in [-0.2, 0) is 17.6 Å². The van der Waals surface area contributed by atoms with Gasteiger partial charge in [-0.1, -0.05) is 11.8 Å². The molecule has 0 radical (unpaired) electrons. The fraction of sp³-hybridized carbons (Fsp3) is 0.235. The zero-order valence-corrected chi connectivity index (χ0v) is 15.0. The number of hydrogen-bond acceptors (Lipinski definition) is 5. The van der Waals surface area contributed by atoms with E-state index in [0.717, 1.165) is 58.1 Å². The molecule has 0 amide bonds. The van der Waals surface area contributed by atoms with E-state index in [1.165, 1.54) is 23.5 Å². The molecule has 0 saturated heterocycles. The Balaban J connectivity index is 1.80. The van der Waals surface area contributed by atoms with Crippen LogP contribution in [0, 0.1) is 11.6 Å². The van der Waals surface area contributed by atoms with Crippen molar-refractivity contribution in [2.24, 2.45) is 0 Å². The van der Waals surface area contributed by atoms with Gasteiger partial charge in [0.1, 0.15) is 23.0 Å². The Labute approximate surface area is 155 Å². The Bertz CT molecular complexity index is 980. The zero-order chi connectivity index (χ0) is 18.3. The van der Waals surface area contributed by atoms with Gasteiger partial charge in [0.05, 0.1) is 5.75 Å². The van der Waals surface area contributed by atoms with Crippen LogP contribution in [0.4, 0.5) is 8.78 Å². The zero-order valence-electron chi connectivity index (χ0n) is 13.4. The van der Waals surface area contributed by atoms with Crippen molar-refractivity contribution in [3.63, 3.8) is 0 Å². The Morgan fingerprint density at radius 2 is 1.96 bits per heavy atom. The van der Waals surface area contributed by atoms with E-state index in [2.05, 4.69) is 10.2 Å². The van der Waals surface area contributed by atoms with E-state index >= 15 is 0 Å². The summed E-state index contributed by atoms with van der Waals surface area (Å²) in [6.45, 7) is 0. The highest BCUT2D eigenvalue weighted by molar-refractivity contribution is 7.99. The number of carbonyl (C=O) groups is 1. The molecule has 2 heterocycles. The van der Waals surface area contributed by atoms with Crippen molar-refractivity contribution in [2.45, 2.75) is 24.4 Å². The molecule has 3 aromatic rings. The minimum atomic E-state index is -0.933. The third-order valence-electron chi connectivity index (χ3n) is 4.13. The van der Waals surface area contributed by atoms with Crippen LogP contribution in [0.25, 0.3) is 15.4 Å². The molecule has 1 N–H and O–H groups in total. The Morgan fingerprint density at radius 3 is 2.69 bits per heavy atom. The normalized spacial score (nSPS) is 13.2. The van der Waals surface area contributed by atoms with Crippen LogP contribution in [0.1, 0.15) is 17.5 Å². The van der Waals surface area contributed by atoms with Gasteiger partial charge < -0.3 is 5.11 Å². The van der Waals surface area contributed by atoms with Crippen molar-refractivity contribution in [1.29, 1.82) is 0 Å². The summed E-state index contributed by atoms with van der Waals surface area (Å²) < 4.78 is 29.1. The first-order valence-corrected chi connectivity index (χ1v) is 9.69. The van der Waals surface area contributed by atoms with Gasteiger partial charge in [-0.25, -0.2) is 8.78 Å². The predicted molar refractivity (Wildman–Crippen MR) is 95.0 cm³/mol. The van der Waals surface area contributed by atoms with E-state index < -0.39 is 17.6 Å². The molecule has 0 spiro atoms. The minimum Gasteiger partial charge on any atom is -0.481 e. The lowest BCUT2D eigenvalue weighted by molar-refractivity contribution is -0.133. The lowest BCUT2D eigenvalue weighted by Crippen LogP contribution is -2.01. The number of fused-ring (bicyclic) bond motifs is 1. The molecule has 0 saturated carbocycles. The summed E-state index contributed by atoms with van der Waals surface area (Å²) in [6.07, 6.45) is 4.22. The van der Waals surface area contributed by atoms with Gasteiger partial charge in [0.2, 0.25) is 0 Å². The van der Waals surface area contributed by atoms with Crippen LogP contribution in [0.15, 0.2) is 29.7 Å². The number of nitrogens with zero attached hydrogens (tertiary/aromatic N) is 3. The molecule has 26 heavy (non-hydrogen) atoms. The van der Waals surface area contributed by atoms with E-state index in [1.54, 1.807) is 10.9 Å². The van der Waals surface area contributed by atoms with Crippen LogP contribution < -0.4 is 0 Å². The maximum Gasteiger partial charge on any atom is 0.313 e. The van der Waals surface area contributed by atoms with Gasteiger partial charge >= 0.3 is 5.97 Å². The van der Waals surface area contributed by atoms with Gasteiger partial charge in [0, 0.05) is 10.9 Å². The molecule has 1 aliphatic carbocycles. The third kappa shape index (κ3) is 3.12. The van der Waals surface area contributed by atoms with E-state index in [0.29, 0.717) is 10.7 Å². The molecular formula is C17H13F2N3O2S2. The number of benzene rings is 1. The van der Waals surface area contributed by atoms with Crippen molar-refractivity contribution < 1.29 is 18.7 Å². The maximum atomic E-state index is 13.7. The summed E-state index contributed by atoms with van der Waals surface area (Å²) in [6, 6.07) is 3.53. The largest absolute Gasteiger partial charge is 0.481 e. The first-order valence-electron chi connectivity index (χ1n) is 7.89. The number of thioether (sulfide) groups is 1. The Kier molecular flexibility index (Phi) is 4.49. The second-order valence-electron chi connectivity index (χ2n) is 5.87. The SMILES string of the molecule is O=C(O)CSc1nncn1-c1sc(-c2cc(F)cc(F)c2)c2c1CCC2. The highest BCUT2D eigenvalue weighted by Gasteiger charge is 2.26. The van der Waals surface area contributed by atoms with Crippen molar-refractivity contribution in [3.05, 3.63) is 47.3 Å². The van der Waals surface area contributed by atoms with E-state index in [1.807, 2.05) is 0 Å². The monoisotopic (exact) mass is 393 g/mol. The molecule has 0 unspecified atom stereocenters. The lowest BCUT2D eigenvalue weighted by atomic mass is 10.1. The summed E-state index contributed by atoms with van der Waals surface area (Å²) in [7, 11) is 0. The van der Waals surface area contributed by atoms with E-state index in [9.17, 15) is 13.6 Å². The van der Waals surface area contributed by atoms with Crippen molar-refractivity contribution >= 4 is 29.1 Å². The fourth-order valence-electron chi connectivity index (χ4n) is 3.15. The predicted octanol–water partition coefficient (Wildman–Crippen LogP) is 3.94. The van der Waals surface area contributed by atoms with Gasteiger partial charge in [-0.05, 0) is 48.1 Å². The van der Waals surface area contributed by atoms with Crippen LogP contribution in [0.5, 0.6) is 0 Å². The van der Waals surface area contributed by atoms with Crippen molar-refractivity contribution in [2.75, 3.05) is 5.75 Å². The lowest BCUT2D eigenvalue weighted by Gasteiger charge is -2.05. The van der Waals surface area contributed by atoms with Crippen LogP contribution in [0.3, 0.4) is 0 Å². The van der Waals surface area contributed by atoms with Gasteiger partial charge in [-0.2, -0.15) is 0 Å². The van der Waals surface area contributed by atoms with Crippen LogP contribution in [0.2, 0.25) is 0 Å². The summed E-state index contributed by atoms with van der Waals surface area (Å²) >= 11 is 2.52. The molecule has 9 heteroatoms. The Morgan fingerprint density at radius 1 is 1.23 bits per heavy atom. The van der Waals surface area contributed by atoms with Gasteiger partial charge in [-0.3, -0.25) is 9.36 Å². The number of aliphatic carboxylic acids is 1. The third-order valence-corrected chi connectivity index (χ3v) is 6.38. The van der Waals surface area contributed by atoms with Crippen LogP contribution >= 0.6 is 23.1 Å². The molecule has 0 atom stereocenters. The average Bonchev–Trinajstić information content (AvgIpc) is 3.27. The summed E-state index contributed by atoms with van der Waals surface area (Å²) in [5.41, 5.74) is 2.73. The summed E-state index contributed by atoms with van der Waals surface area (Å²) in [5, 5.41) is 18.2. The molecule has 5 nitrogen and oxygen atoms in total. The molecule has 2 aromatic heterocycles. The number of aromatic nitrogens is 3. The first kappa shape index (κ1) is 17.2. The smallest absolute Gasteiger partial charge is 0.313 e.